The van der Waals surface area contributed by atoms with Crippen molar-refractivity contribution in [2.75, 3.05) is 13.1 Å². The van der Waals surface area contributed by atoms with Gasteiger partial charge in [-0.05, 0) is 24.7 Å². The number of amides is 2. The van der Waals surface area contributed by atoms with Crippen molar-refractivity contribution in [2.24, 2.45) is 17.6 Å². The molecule has 6 heteroatoms. The summed E-state index contributed by atoms with van der Waals surface area (Å²) in [6.07, 6.45) is 3.16. The quantitative estimate of drug-likeness (QED) is 0.619. The topological polar surface area (TPSA) is 84.2 Å². The van der Waals surface area contributed by atoms with E-state index in [1.165, 1.54) is 0 Å². The van der Waals surface area contributed by atoms with Crippen LogP contribution in [-0.2, 0) is 9.59 Å². The lowest BCUT2D eigenvalue weighted by Gasteiger charge is -2.16. The van der Waals surface area contributed by atoms with Gasteiger partial charge in [0.1, 0.15) is 0 Å². The van der Waals surface area contributed by atoms with Crippen LogP contribution in [0.2, 0.25) is 0 Å². The molecule has 1 unspecified atom stereocenters. The van der Waals surface area contributed by atoms with Gasteiger partial charge in [0, 0.05) is 32.0 Å². The van der Waals surface area contributed by atoms with Crippen LogP contribution in [0.3, 0.4) is 0 Å². The Hall–Kier alpha value is -0.810. The molecule has 1 aliphatic carbocycles. The highest BCUT2D eigenvalue weighted by Crippen LogP contribution is 2.32. The van der Waals surface area contributed by atoms with Crippen LogP contribution in [0.5, 0.6) is 0 Å². The lowest BCUT2D eigenvalue weighted by atomic mass is 10.1. The second-order valence-electron chi connectivity index (χ2n) is 5.45. The Balaban J connectivity index is 0.00000324. The van der Waals surface area contributed by atoms with E-state index < -0.39 is 0 Å². The molecule has 0 aromatic rings. The minimum atomic E-state index is -0.0257. The fourth-order valence-electron chi connectivity index (χ4n) is 1.91. The first-order valence-electron chi connectivity index (χ1n) is 6.79. The Morgan fingerprint density at radius 1 is 1.26 bits per heavy atom. The van der Waals surface area contributed by atoms with Gasteiger partial charge in [0.05, 0.1) is 0 Å². The SMILES string of the molecule is CC(C)CC(=O)NCCC(=O)NC(CN)C1CC1.Cl. The zero-order valence-electron chi connectivity index (χ0n) is 11.8. The Bertz CT molecular complexity index is 294. The average Bonchev–Trinajstić information content (AvgIpc) is 3.08. The standard InChI is InChI=1S/C13H25N3O2.ClH/c1-9(2)7-13(18)15-6-5-12(17)16-11(8-14)10-3-4-10;/h9-11H,3-8,14H2,1-2H3,(H,15,18)(H,16,17);1H. The molecule has 0 radical (unpaired) electrons. The van der Waals surface area contributed by atoms with Crippen LogP contribution in [0.25, 0.3) is 0 Å². The molecule has 0 aromatic heterocycles. The highest BCUT2D eigenvalue weighted by Gasteiger charge is 2.30. The van der Waals surface area contributed by atoms with E-state index in [4.69, 9.17) is 5.73 Å². The molecule has 4 N–H and O–H groups in total. The van der Waals surface area contributed by atoms with E-state index >= 15 is 0 Å². The van der Waals surface area contributed by atoms with Gasteiger partial charge in [0.15, 0.2) is 0 Å². The van der Waals surface area contributed by atoms with Crippen molar-refractivity contribution in [3.05, 3.63) is 0 Å². The number of hydrogen-bond donors (Lipinski definition) is 3. The van der Waals surface area contributed by atoms with Crippen molar-refractivity contribution in [1.82, 2.24) is 10.6 Å². The molecule has 0 bridgehead atoms. The fourth-order valence-corrected chi connectivity index (χ4v) is 1.91. The number of halogens is 1. The van der Waals surface area contributed by atoms with Gasteiger partial charge < -0.3 is 16.4 Å². The largest absolute Gasteiger partial charge is 0.356 e. The number of nitrogens with one attached hydrogen (secondary N) is 2. The van der Waals surface area contributed by atoms with E-state index in [0.29, 0.717) is 37.8 Å². The van der Waals surface area contributed by atoms with Crippen LogP contribution in [0.4, 0.5) is 0 Å². The number of carbonyl (C=O) groups excluding carboxylic acids is 2. The second kappa shape index (κ2) is 9.15. The van der Waals surface area contributed by atoms with Crippen LogP contribution in [0.15, 0.2) is 0 Å². The van der Waals surface area contributed by atoms with Gasteiger partial charge in [-0.15, -0.1) is 12.4 Å². The molecule has 19 heavy (non-hydrogen) atoms. The summed E-state index contributed by atoms with van der Waals surface area (Å²) in [6.45, 7) is 4.89. The van der Waals surface area contributed by atoms with Gasteiger partial charge >= 0.3 is 0 Å². The molecule has 0 saturated heterocycles. The smallest absolute Gasteiger partial charge is 0.222 e. The van der Waals surface area contributed by atoms with Crippen LogP contribution < -0.4 is 16.4 Å². The first kappa shape index (κ1) is 18.2. The van der Waals surface area contributed by atoms with Crippen molar-refractivity contribution in [3.8, 4) is 0 Å². The monoisotopic (exact) mass is 291 g/mol. The number of hydrogen-bond acceptors (Lipinski definition) is 3. The molecular weight excluding hydrogens is 266 g/mol. The molecule has 0 spiro atoms. The van der Waals surface area contributed by atoms with E-state index in [1.54, 1.807) is 0 Å². The third kappa shape index (κ3) is 8.06. The maximum absolute atomic E-state index is 11.6. The number of nitrogens with two attached hydrogens (primary N) is 1. The molecule has 1 saturated carbocycles. The lowest BCUT2D eigenvalue weighted by molar-refractivity contribution is -0.123. The first-order valence-corrected chi connectivity index (χ1v) is 6.79. The minimum absolute atomic E-state index is 0. The molecule has 0 aliphatic heterocycles. The third-order valence-electron chi connectivity index (χ3n) is 3.06. The summed E-state index contributed by atoms with van der Waals surface area (Å²) in [6, 6.07) is 0.115. The van der Waals surface area contributed by atoms with Crippen molar-refractivity contribution in [2.45, 2.75) is 45.6 Å². The van der Waals surface area contributed by atoms with Crippen molar-refractivity contribution >= 4 is 24.2 Å². The Kier molecular flexibility index (Phi) is 8.76. The molecule has 2 amide bonds. The maximum atomic E-state index is 11.6. The van der Waals surface area contributed by atoms with E-state index in [1.807, 2.05) is 13.8 Å². The molecule has 1 aliphatic rings. The molecule has 1 fully saturated rings. The van der Waals surface area contributed by atoms with E-state index in [2.05, 4.69) is 10.6 Å². The molecule has 1 rings (SSSR count). The summed E-state index contributed by atoms with van der Waals surface area (Å²) >= 11 is 0. The predicted octanol–water partition coefficient (Wildman–Crippen LogP) is 0.814. The van der Waals surface area contributed by atoms with Crippen LogP contribution in [0.1, 0.15) is 39.5 Å². The number of carbonyl (C=O) groups is 2. The van der Waals surface area contributed by atoms with E-state index in [9.17, 15) is 9.59 Å². The maximum Gasteiger partial charge on any atom is 0.222 e. The van der Waals surface area contributed by atoms with Gasteiger partial charge in [-0.25, -0.2) is 0 Å². The average molecular weight is 292 g/mol. The molecule has 1 atom stereocenters. The molecule has 0 aromatic carbocycles. The molecule has 112 valence electrons. The molecular formula is C13H26ClN3O2. The lowest BCUT2D eigenvalue weighted by Crippen LogP contribution is -2.42. The fraction of sp³-hybridized carbons (Fsp3) is 0.846. The third-order valence-corrected chi connectivity index (χ3v) is 3.06. The molecule has 5 nitrogen and oxygen atoms in total. The number of rotatable bonds is 8. The first-order chi connectivity index (χ1) is 8.52. The summed E-state index contributed by atoms with van der Waals surface area (Å²) in [7, 11) is 0. The van der Waals surface area contributed by atoms with Crippen molar-refractivity contribution < 1.29 is 9.59 Å². The summed E-state index contributed by atoms with van der Waals surface area (Å²) in [4.78, 5) is 23.0. The summed E-state index contributed by atoms with van der Waals surface area (Å²) < 4.78 is 0. The normalized spacial score (nSPS) is 15.6. The van der Waals surface area contributed by atoms with E-state index in [-0.39, 0.29) is 30.3 Å². The van der Waals surface area contributed by atoms with Gasteiger partial charge in [-0.2, -0.15) is 0 Å². The van der Waals surface area contributed by atoms with E-state index in [0.717, 1.165) is 12.8 Å². The van der Waals surface area contributed by atoms with Crippen LogP contribution in [0, 0.1) is 11.8 Å². The highest BCUT2D eigenvalue weighted by atomic mass is 35.5. The minimum Gasteiger partial charge on any atom is -0.356 e. The highest BCUT2D eigenvalue weighted by molar-refractivity contribution is 5.85. The van der Waals surface area contributed by atoms with Crippen LogP contribution >= 0.6 is 12.4 Å². The van der Waals surface area contributed by atoms with Crippen LogP contribution in [-0.4, -0.2) is 30.9 Å². The molecule has 0 heterocycles. The van der Waals surface area contributed by atoms with Gasteiger partial charge in [-0.3, -0.25) is 9.59 Å². The Labute approximate surface area is 121 Å². The van der Waals surface area contributed by atoms with Gasteiger partial charge in [0.2, 0.25) is 11.8 Å². The summed E-state index contributed by atoms with van der Waals surface area (Å²) in [5, 5.41) is 5.68. The summed E-state index contributed by atoms with van der Waals surface area (Å²) in [5.74, 6) is 0.891. The van der Waals surface area contributed by atoms with Crippen molar-refractivity contribution in [1.29, 1.82) is 0 Å². The van der Waals surface area contributed by atoms with Crippen molar-refractivity contribution in [3.63, 3.8) is 0 Å². The Morgan fingerprint density at radius 3 is 2.37 bits per heavy atom. The Morgan fingerprint density at radius 2 is 1.89 bits per heavy atom. The predicted molar refractivity (Wildman–Crippen MR) is 78.0 cm³/mol. The van der Waals surface area contributed by atoms with Gasteiger partial charge in [-0.1, -0.05) is 13.8 Å². The second-order valence-corrected chi connectivity index (χ2v) is 5.45. The van der Waals surface area contributed by atoms with Gasteiger partial charge in [0.25, 0.3) is 0 Å². The zero-order valence-corrected chi connectivity index (χ0v) is 12.6. The zero-order chi connectivity index (χ0) is 13.5. The summed E-state index contributed by atoms with van der Waals surface area (Å²) in [5.41, 5.74) is 5.61.